The molecule has 0 unspecified atom stereocenters. The van der Waals surface area contributed by atoms with Crippen LogP contribution in [0.15, 0.2) is 18.2 Å². The molecule has 5 heteroatoms. The first kappa shape index (κ1) is 15.3. The number of halogens is 2. The topological polar surface area (TPSA) is 38.3 Å². The lowest BCUT2D eigenvalue weighted by Gasteiger charge is -2.20. The van der Waals surface area contributed by atoms with E-state index in [0.29, 0.717) is 16.6 Å². The van der Waals surface area contributed by atoms with Crippen LogP contribution in [0.2, 0.25) is 10.0 Å². The summed E-state index contributed by atoms with van der Waals surface area (Å²) in [7, 11) is 1.38. The lowest BCUT2D eigenvalue weighted by atomic mass is 10.0. The third kappa shape index (κ3) is 4.48. The van der Waals surface area contributed by atoms with E-state index < -0.39 is 0 Å². The molecule has 0 amide bonds. The van der Waals surface area contributed by atoms with Crippen LogP contribution in [0, 0.1) is 5.92 Å². The molecule has 0 aliphatic rings. The van der Waals surface area contributed by atoms with E-state index in [0.717, 1.165) is 5.56 Å². The van der Waals surface area contributed by atoms with Crippen molar-refractivity contribution in [2.45, 2.75) is 26.4 Å². The van der Waals surface area contributed by atoms with Crippen LogP contribution in [0.25, 0.3) is 0 Å². The second-order valence-corrected chi connectivity index (χ2v) is 5.28. The Labute approximate surface area is 117 Å². The number of ether oxygens (including phenoxy) is 1. The van der Waals surface area contributed by atoms with Gasteiger partial charge in [0, 0.05) is 16.6 Å². The maximum Gasteiger partial charge on any atom is 0.323 e. The molecule has 1 rings (SSSR count). The maximum absolute atomic E-state index is 11.6. The molecule has 0 aromatic heterocycles. The van der Waals surface area contributed by atoms with E-state index in [1.165, 1.54) is 7.11 Å². The highest BCUT2D eigenvalue weighted by Crippen LogP contribution is 2.19. The predicted molar refractivity (Wildman–Crippen MR) is 73.9 cm³/mol. The van der Waals surface area contributed by atoms with Crippen molar-refractivity contribution in [3.05, 3.63) is 33.8 Å². The second kappa shape index (κ2) is 6.98. The number of benzene rings is 1. The van der Waals surface area contributed by atoms with Crippen LogP contribution in [0.1, 0.15) is 19.4 Å². The Morgan fingerprint density at radius 2 is 1.83 bits per heavy atom. The number of nitrogens with one attached hydrogen (secondary N) is 1. The van der Waals surface area contributed by atoms with Gasteiger partial charge in [0.2, 0.25) is 0 Å². The fourth-order valence-electron chi connectivity index (χ4n) is 1.66. The summed E-state index contributed by atoms with van der Waals surface area (Å²) in [4.78, 5) is 11.6. The predicted octanol–water partition coefficient (Wildman–Crippen LogP) is 3.28. The quantitative estimate of drug-likeness (QED) is 0.846. The largest absolute Gasteiger partial charge is 0.468 e. The first-order valence-corrected chi connectivity index (χ1v) is 6.45. The lowest BCUT2D eigenvalue weighted by molar-refractivity contribution is -0.144. The van der Waals surface area contributed by atoms with Crippen LogP contribution in [0.5, 0.6) is 0 Å². The Hall–Kier alpha value is -0.770. The van der Waals surface area contributed by atoms with Crippen molar-refractivity contribution >= 4 is 29.2 Å². The number of carbonyl (C=O) groups excluding carboxylic acids is 1. The third-order valence-corrected chi connectivity index (χ3v) is 3.01. The monoisotopic (exact) mass is 289 g/mol. The molecule has 0 heterocycles. The fraction of sp³-hybridized carbons (Fsp3) is 0.462. The summed E-state index contributed by atoms with van der Waals surface area (Å²) in [5.74, 6) is -0.120. The molecule has 1 aromatic rings. The zero-order valence-corrected chi connectivity index (χ0v) is 12.2. The molecule has 1 atom stereocenters. The fourth-order valence-corrected chi connectivity index (χ4v) is 2.23. The van der Waals surface area contributed by atoms with Gasteiger partial charge in [-0.15, -0.1) is 0 Å². The molecule has 100 valence electrons. The Kier molecular flexibility index (Phi) is 5.93. The van der Waals surface area contributed by atoms with Crippen LogP contribution < -0.4 is 5.32 Å². The molecule has 0 saturated heterocycles. The van der Waals surface area contributed by atoms with Crippen molar-refractivity contribution in [1.29, 1.82) is 0 Å². The summed E-state index contributed by atoms with van der Waals surface area (Å²) in [5, 5.41) is 4.31. The maximum atomic E-state index is 11.6. The van der Waals surface area contributed by atoms with Crippen molar-refractivity contribution in [2.24, 2.45) is 5.92 Å². The van der Waals surface area contributed by atoms with E-state index in [2.05, 4.69) is 5.32 Å². The highest BCUT2D eigenvalue weighted by atomic mass is 35.5. The minimum Gasteiger partial charge on any atom is -0.468 e. The summed E-state index contributed by atoms with van der Waals surface area (Å²) in [6, 6.07) is 4.96. The van der Waals surface area contributed by atoms with Gasteiger partial charge in [-0.1, -0.05) is 37.0 Å². The van der Waals surface area contributed by atoms with Gasteiger partial charge >= 0.3 is 5.97 Å². The summed E-state index contributed by atoms with van der Waals surface area (Å²) >= 11 is 11.8. The van der Waals surface area contributed by atoms with Gasteiger partial charge in [-0.3, -0.25) is 4.79 Å². The Morgan fingerprint density at radius 1 is 1.28 bits per heavy atom. The molecular weight excluding hydrogens is 273 g/mol. The van der Waals surface area contributed by atoms with Gasteiger partial charge in [0.15, 0.2) is 0 Å². The number of hydrogen-bond acceptors (Lipinski definition) is 3. The molecule has 1 aromatic carbocycles. The molecule has 0 saturated carbocycles. The van der Waals surface area contributed by atoms with Gasteiger partial charge in [0.25, 0.3) is 0 Å². The average molecular weight is 290 g/mol. The molecule has 0 fully saturated rings. The van der Waals surface area contributed by atoms with Crippen LogP contribution in [-0.4, -0.2) is 19.1 Å². The minimum absolute atomic E-state index is 0.145. The zero-order valence-electron chi connectivity index (χ0n) is 10.7. The Bertz CT molecular complexity index is 401. The van der Waals surface area contributed by atoms with Crippen molar-refractivity contribution in [2.75, 3.05) is 7.11 Å². The summed E-state index contributed by atoms with van der Waals surface area (Å²) in [6.07, 6.45) is 0. The van der Waals surface area contributed by atoms with Crippen LogP contribution in [-0.2, 0) is 16.1 Å². The molecule has 0 aliphatic carbocycles. The molecule has 0 aliphatic heterocycles. The van der Waals surface area contributed by atoms with Gasteiger partial charge in [-0.05, 0) is 29.7 Å². The summed E-state index contributed by atoms with van der Waals surface area (Å²) in [6.45, 7) is 4.43. The van der Waals surface area contributed by atoms with E-state index >= 15 is 0 Å². The number of esters is 1. The SMILES string of the molecule is COC(=O)[C@@H](NCc1cc(Cl)cc(Cl)c1)C(C)C. The van der Waals surface area contributed by atoms with Crippen molar-refractivity contribution in [1.82, 2.24) is 5.32 Å². The Morgan fingerprint density at radius 3 is 2.28 bits per heavy atom. The highest BCUT2D eigenvalue weighted by molar-refractivity contribution is 6.34. The van der Waals surface area contributed by atoms with Gasteiger partial charge < -0.3 is 10.1 Å². The van der Waals surface area contributed by atoms with Crippen molar-refractivity contribution in [3.63, 3.8) is 0 Å². The second-order valence-electron chi connectivity index (χ2n) is 4.40. The molecule has 0 bridgehead atoms. The molecule has 0 radical (unpaired) electrons. The van der Waals surface area contributed by atoms with E-state index in [1.54, 1.807) is 6.07 Å². The molecule has 1 N–H and O–H groups in total. The number of methoxy groups -OCH3 is 1. The van der Waals surface area contributed by atoms with Gasteiger partial charge in [-0.25, -0.2) is 0 Å². The van der Waals surface area contributed by atoms with Crippen LogP contribution >= 0.6 is 23.2 Å². The first-order chi connectivity index (χ1) is 8.43. The van der Waals surface area contributed by atoms with Crippen LogP contribution in [0.4, 0.5) is 0 Å². The third-order valence-electron chi connectivity index (χ3n) is 2.57. The van der Waals surface area contributed by atoms with Crippen LogP contribution in [0.3, 0.4) is 0 Å². The van der Waals surface area contributed by atoms with Gasteiger partial charge in [-0.2, -0.15) is 0 Å². The molecular formula is C13H17Cl2NO2. The number of hydrogen-bond donors (Lipinski definition) is 1. The number of carbonyl (C=O) groups is 1. The smallest absolute Gasteiger partial charge is 0.323 e. The van der Waals surface area contributed by atoms with Crippen molar-refractivity contribution in [3.8, 4) is 0 Å². The molecule has 18 heavy (non-hydrogen) atoms. The minimum atomic E-state index is -0.340. The van der Waals surface area contributed by atoms with Gasteiger partial charge in [0.1, 0.15) is 6.04 Å². The van der Waals surface area contributed by atoms with Crippen molar-refractivity contribution < 1.29 is 9.53 Å². The van der Waals surface area contributed by atoms with E-state index in [1.807, 2.05) is 26.0 Å². The zero-order chi connectivity index (χ0) is 13.7. The summed E-state index contributed by atoms with van der Waals surface area (Å²) < 4.78 is 4.76. The lowest BCUT2D eigenvalue weighted by Crippen LogP contribution is -2.41. The van der Waals surface area contributed by atoms with E-state index in [4.69, 9.17) is 27.9 Å². The van der Waals surface area contributed by atoms with E-state index in [-0.39, 0.29) is 17.9 Å². The first-order valence-electron chi connectivity index (χ1n) is 5.70. The molecule has 0 spiro atoms. The summed E-state index contributed by atoms with van der Waals surface area (Å²) in [5.41, 5.74) is 0.932. The molecule has 3 nitrogen and oxygen atoms in total. The normalized spacial score (nSPS) is 12.6. The van der Waals surface area contributed by atoms with E-state index in [9.17, 15) is 4.79 Å². The average Bonchev–Trinajstić information content (AvgIpc) is 2.27. The standard InChI is InChI=1S/C13H17Cl2NO2/c1-8(2)12(13(17)18-3)16-7-9-4-10(14)6-11(15)5-9/h4-6,8,12,16H,7H2,1-3H3/t12-/m0/s1. The highest BCUT2D eigenvalue weighted by Gasteiger charge is 2.22. The van der Waals surface area contributed by atoms with Gasteiger partial charge in [0.05, 0.1) is 7.11 Å². The Balaban J connectivity index is 2.69. The number of rotatable bonds is 5.